The van der Waals surface area contributed by atoms with E-state index in [1.165, 1.54) is 0 Å². The quantitative estimate of drug-likeness (QED) is 0.461. The highest BCUT2D eigenvalue weighted by Crippen LogP contribution is 2.18. The molecule has 9 nitrogen and oxygen atoms in total. The molecule has 1 aliphatic rings. The number of hydrogen-bond donors (Lipinski definition) is 1. The summed E-state index contributed by atoms with van der Waals surface area (Å²) in [6.45, 7) is 6.84. The van der Waals surface area contributed by atoms with Gasteiger partial charge in [0.15, 0.2) is 5.96 Å². The predicted octanol–water partition coefficient (Wildman–Crippen LogP) is 2.51. The minimum Gasteiger partial charge on any atom is -0.357 e. The van der Waals surface area contributed by atoms with Crippen LogP contribution in [0.4, 0.5) is 5.95 Å². The number of aromatic nitrogens is 4. The van der Waals surface area contributed by atoms with E-state index in [0.717, 1.165) is 50.2 Å². The number of hydrogen-bond acceptors (Lipinski definition) is 7. The molecule has 1 aliphatic heterocycles. The van der Waals surface area contributed by atoms with Crippen LogP contribution in [0.3, 0.4) is 0 Å². The highest BCUT2D eigenvalue weighted by molar-refractivity contribution is 6.30. The number of halogens is 1. The van der Waals surface area contributed by atoms with Gasteiger partial charge in [0.05, 0.1) is 6.54 Å². The Labute approximate surface area is 186 Å². The summed E-state index contributed by atoms with van der Waals surface area (Å²) in [5.41, 5.74) is 0.872. The van der Waals surface area contributed by atoms with Crippen molar-refractivity contribution in [1.29, 1.82) is 0 Å². The second kappa shape index (κ2) is 10.2. The fourth-order valence-electron chi connectivity index (χ4n) is 3.33. The summed E-state index contributed by atoms with van der Waals surface area (Å²) in [4.78, 5) is 22.4. The molecule has 0 saturated carbocycles. The van der Waals surface area contributed by atoms with Crippen molar-refractivity contribution in [1.82, 2.24) is 30.3 Å². The summed E-state index contributed by atoms with van der Waals surface area (Å²) >= 11 is 5.93. The Bertz CT molecular complexity index is 984. The van der Waals surface area contributed by atoms with Gasteiger partial charge in [0.2, 0.25) is 17.7 Å². The zero-order valence-corrected chi connectivity index (χ0v) is 18.2. The van der Waals surface area contributed by atoms with Gasteiger partial charge in [-0.25, -0.2) is 9.97 Å². The Kier molecular flexibility index (Phi) is 6.93. The standard InChI is InChI=1S/C21H25ClN8O/c1-2-23-20(29-12-14-30(15-13-29)21-24-9-3-10-25-21)26-11-8-18-27-19(28-31-18)16-4-6-17(22)7-5-16/h3-7,9-10H,2,8,11-15H2,1H3,(H,23,26). The fourth-order valence-corrected chi connectivity index (χ4v) is 3.45. The molecule has 162 valence electrons. The average molecular weight is 441 g/mol. The van der Waals surface area contributed by atoms with Crippen LogP contribution >= 0.6 is 11.6 Å². The number of nitrogens with zero attached hydrogens (tertiary/aromatic N) is 7. The predicted molar refractivity (Wildman–Crippen MR) is 120 cm³/mol. The second-order valence-corrected chi connectivity index (χ2v) is 7.46. The van der Waals surface area contributed by atoms with Gasteiger partial charge >= 0.3 is 0 Å². The number of benzene rings is 1. The van der Waals surface area contributed by atoms with Gasteiger partial charge in [0, 0.05) is 62.1 Å². The molecule has 0 radical (unpaired) electrons. The molecule has 1 N–H and O–H groups in total. The molecule has 10 heteroatoms. The molecule has 0 unspecified atom stereocenters. The van der Waals surface area contributed by atoms with Crippen LogP contribution in [0.25, 0.3) is 11.4 Å². The lowest BCUT2D eigenvalue weighted by atomic mass is 10.2. The van der Waals surface area contributed by atoms with Gasteiger partial charge in [0.25, 0.3) is 0 Å². The van der Waals surface area contributed by atoms with E-state index < -0.39 is 0 Å². The molecule has 0 amide bonds. The highest BCUT2D eigenvalue weighted by Gasteiger charge is 2.21. The Morgan fingerprint density at radius 2 is 1.87 bits per heavy atom. The van der Waals surface area contributed by atoms with Gasteiger partial charge in [-0.05, 0) is 37.3 Å². The van der Waals surface area contributed by atoms with Gasteiger partial charge < -0.3 is 19.6 Å². The Morgan fingerprint density at radius 1 is 1.13 bits per heavy atom. The molecule has 1 fully saturated rings. The zero-order valence-electron chi connectivity index (χ0n) is 17.4. The maximum Gasteiger partial charge on any atom is 0.228 e. The Balaban J connectivity index is 1.33. The van der Waals surface area contributed by atoms with Gasteiger partial charge in [-0.1, -0.05) is 16.8 Å². The van der Waals surface area contributed by atoms with E-state index in [0.29, 0.717) is 29.7 Å². The average Bonchev–Trinajstić information content (AvgIpc) is 3.29. The van der Waals surface area contributed by atoms with Crippen molar-refractivity contribution < 1.29 is 4.52 Å². The molecule has 31 heavy (non-hydrogen) atoms. The maximum atomic E-state index is 5.93. The molecule has 0 atom stereocenters. The monoisotopic (exact) mass is 440 g/mol. The van der Waals surface area contributed by atoms with Crippen LogP contribution in [-0.2, 0) is 6.42 Å². The van der Waals surface area contributed by atoms with Crippen molar-refractivity contribution in [3.63, 3.8) is 0 Å². The van der Waals surface area contributed by atoms with Crippen LogP contribution in [0.2, 0.25) is 5.02 Å². The number of anilines is 1. The topological polar surface area (TPSA) is 95.6 Å². The minimum absolute atomic E-state index is 0.557. The third kappa shape index (κ3) is 5.49. The Morgan fingerprint density at radius 3 is 2.58 bits per heavy atom. The third-order valence-electron chi connectivity index (χ3n) is 4.91. The Hall–Kier alpha value is -3.20. The van der Waals surface area contributed by atoms with E-state index in [2.05, 4.69) is 42.1 Å². The van der Waals surface area contributed by atoms with E-state index in [1.54, 1.807) is 12.4 Å². The van der Waals surface area contributed by atoms with Crippen LogP contribution in [0.1, 0.15) is 12.8 Å². The first-order valence-electron chi connectivity index (χ1n) is 10.4. The normalized spacial score (nSPS) is 14.7. The molecular weight excluding hydrogens is 416 g/mol. The molecule has 1 saturated heterocycles. The van der Waals surface area contributed by atoms with Crippen LogP contribution in [0, 0.1) is 0 Å². The zero-order chi connectivity index (χ0) is 21.5. The van der Waals surface area contributed by atoms with Crippen LogP contribution < -0.4 is 10.2 Å². The summed E-state index contributed by atoms with van der Waals surface area (Å²) in [7, 11) is 0. The largest absolute Gasteiger partial charge is 0.357 e. The lowest BCUT2D eigenvalue weighted by Gasteiger charge is -2.36. The van der Waals surface area contributed by atoms with E-state index in [4.69, 9.17) is 21.1 Å². The smallest absolute Gasteiger partial charge is 0.228 e. The third-order valence-corrected chi connectivity index (χ3v) is 5.16. The number of rotatable bonds is 6. The molecule has 0 bridgehead atoms. The van der Waals surface area contributed by atoms with E-state index >= 15 is 0 Å². The van der Waals surface area contributed by atoms with Crippen molar-refractivity contribution in [2.24, 2.45) is 4.99 Å². The molecule has 0 aliphatic carbocycles. The van der Waals surface area contributed by atoms with E-state index in [1.807, 2.05) is 30.3 Å². The van der Waals surface area contributed by atoms with Gasteiger partial charge in [-0.15, -0.1) is 0 Å². The van der Waals surface area contributed by atoms with Gasteiger partial charge in [-0.3, -0.25) is 4.99 Å². The lowest BCUT2D eigenvalue weighted by molar-refractivity contribution is 0.367. The van der Waals surface area contributed by atoms with E-state index in [-0.39, 0.29) is 0 Å². The maximum absolute atomic E-state index is 5.93. The first-order chi connectivity index (χ1) is 15.2. The fraction of sp³-hybridized carbons (Fsp3) is 0.381. The first kappa shape index (κ1) is 21.0. The van der Waals surface area contributed by atoms with Crippen molar-refractivity contribution in [3.8, 4) is 11.4 Å². The van der Waals surface area contributed by atoms with Gasteiger partial charge in [0.1, 0.15) is 0 Å². The molecule has 3 heterocycles. The minimum atomic E-state index is 0.557. The second-order valence-electron chi connectivity index (χ2n) is 7.03. The summed E-state index contributed by atoms with van der Waals surface area (Å²) < 4.78 is 5.38. The van der Waals surface area contributed by atoms with Crippen LogP contribution in [0.15, 0.2) is 52.2 Å². The molecular formula is C21H25ClN8O. The molecule has 3 aromatic rings. The molecule has 0 spiro atoms. The lowest BCUT2D eigenvalue weighted by Crippen LogP contribution is -2.53. The molecule has 4 rings (SSSR count). The van der Waals surface area contributed by atoms with Gasteiger partial charge in [-0.2, -0.15) is 4.98 Å². The van der Waals surface area contributed by atoms with Crippen molar-refractivity contribution in [2.45, 2.75) is 13.3 Å². The van der Waals surface area contributed by atoms with Crippen molar-refractivity contribution in [2.75, 3.05) is 44.2 Å². The number of piperazine rings is 1. The first-order valence-corrected chi connectivity index (χ1v) is 10.7. The van der Waals surface area contributed by atoms with Crippen LogP contribution in [0.5, 0.6) is 0 Å². The molecule has 2 aromatic heterocycles. The summed E-state index contributed by atoms with van der Waals surface area (Å²) in [6, 6.07) is 9.20. The number of nitrogens with one attached hydrogen (secondary N) is 1. The SMILES string of the molecule is CCNC(=NCCc1nc(-c2ccc(Cl)cc2)no1)N1CCN(c2ncccn2)CC1. The summed E-state index contributed by atoms with van der Waals surface area (Å²) in [5.74, 6) is 2.79. The molecule has 1 aromatic carbocycles. The number of aliphatic imine (C=N–C) groups is 1. The number of guanidine groups is 1. The van der Waals surface area contributed by atoms with Crippen molar-refractivity contribution >= 4 is 23.5 Å². The summed E-state index contributed by atoms with van der Waals surface area (Å²) in [5, 5.41) is 8.11. The van der Waals surface area contributed by atoms with Crippen LogP contribution in [-0.4, -0.2) is 70.2 Å². The highest BCUT2D eigenvalue weighted by atomic mass is 35.5. The van der Waals surface area contributed by atoms with Crippen molar-refractivity contribution in [3.05, 3.63) is 53.6 Å². The van der Waals surface area contributed by atoms with E-state index in [9.17, 15) is 0 Å². The summed E-state index contributed by atoms with van der Waals surface area (Å²) in [6.07, 6.45) is 4.12.